The van der Waals surface area contributed by atoms with Crippen LogP contribution in [0.5, 0.6) is 0 Å². The molecule has 0 spiro atoms. The van der Waals surface area contributed by atoms with Gasteiger partial charge in [-0.2, -0.15) is 0 Å². The molecular formula is C19H22N2O2. The second-order valence-corrected chi connectivity index (χ2v) is 5.34. The van der Waals surface area contributed by atoms with Gasteiger partial charge in [-0.25, -0.2) is 0 Å². The summed E-state index contributed by atoms with van der Waals surface area (Å²) in [4.78, 5) is 24.0. The van der Waals surface area contributed by atoms with Crippen LogP contribution < -0.4 is 10.6 Å². The van der Waals surface area contributed by atoms with Crippen LogP contribution in [0.2, 0.25) is 0 Å². The Hall–Kier alpha value is -2.62. The molecule has 2 amide bonds. The van der Waals surface area contributed by atoms with Gasteiger partial charge < -0.3 is 10.6 Å². The molecule has 0 aromatic heterocycles. The molecule has 0 saturated heterocycles. The Balaban J connectivity index is 2.00. The summed E-state index contributed by atoms with van der Waals surface area (Å²) in [6.45, 7) is 4.74. The summed E-state index contributed by atoms with van der Waals surface area (Å²) in [6.07, 6.45) is 1.86. The number of anilines is 1. The summed E-state index contributed by atoms with van der Waals surface area (Å²) in [5, 5.41) is 5.66. The summed E-state index contributed by atoms with van der Waals surface area (Å²) in [7, 11) is 0. The van der Waals surface area contributed by atoms with Gasteiger partial charge in [0.2, 0.25) is 0 Å². The third kappa shape index (κ3) is 4.68. The van der Waals surface area contributed by atoms with Crippen molar-refractivity contribution in [2.24, 2.45) is 0 Å². The largest absolute Gasteiger partial charge is 0.352 e. The molecule has 0 bridgehead atoms. The van der Waals surface area contributed by atoms with Crippen molar-refractivity contribution in [3.05, 3.63) is 65.2 Å². The van der Waals surface area contributed by atoms with Gasteiger partial charge in [0.05, 0.1) is 0 Å². The molecule has 2 N–H and O–H groups in total. The van der Waals surface area contributed by atoms with Gasteiger partial charge in [-0.15, -0.1) is 0 Å². The lowest BCUT2D eigenvalue weighted by molar-refractivity contribution is 0.0951. The Morgan fingerprint density at radius 1 is 0.826 bits per heavy atom. The minimum Gasteiger partial charge on any atom is -0.352 e. The van der Waals surface area contributed by atoms with Crippen LogP contribution in [0.1, 0.15) is 46.5 Å². The van der Waals surface area contributed by atoms with Gasteiger partial charge in [0.1, 0.15) is 0 Å². The highest BCUT2D eigenvalue weighted by Crippen LogP contribution is 2.12. The molecule has 0 aliphatic heterocycles. The number of hydrogen-bond acceptors (Lipinski definition) is 2. The standard InChI is InChI=1S/C19H22N2O2/c1-3-13-20-18(22)15-7-9-16(10-8-15)19(23)21-17-11-5-14(4-2)6-12-17/h5-12H,3-4,13H2,1-2H3,(H,20,22)(H,21,23). The second-order valence-electron chi connectivity index (χ2n) is 5.34. The van der Waals surface area contributed by atoms with Crippen LogP contribution >= 0.6 is 0 Å². The fraction of sp³-hybridized carbons (Fsp3) is 0.263. The lowest BCUT2D eigenvalue weighted by Crippen LogP contribution is -2.24. The highest BCUT2D eigenvalue weighted by atomic mass is 16.2. The predicted octanol–water partition coefficient (Wildman–Crippen LogP) is 3.64. The van der Waals surface area contributed by atoms with Crippen molar-refractivity contribution in [3.8, 4) is 0 Å². The van der Waals surface area contributed by atoms with Crippen LogP contribution in [-0.4, -0.2) is 18.4 Å². The number of amides is 2. The van der Waals surface area contributed by atoms with E-state index >= 15 is 0 Å². The van der Waals surface area contributed by atoms with Gasteiger partial charge in [0.15, 0.2) is 0 Å². The van der Waals surface area contributed by atoms with Crippen molar-refractivity contribution in [3.63, 3.8) is 0 Å². The van der Waals surface area contributed by atoms with Crippen LogP contribution in [0, 0.1) is 0 Å². The fourth-order valence-electron chi connectivity index (χ4n) is 2.14. The van der Waals surface area contributed by atoms with Crippen LogP contribution in [0.4, 0.5) is 5.69 Å². The summed E-state index contributed by atoms with van der Waals surface area (Å²) < 4.78 is 0. The Morgan fingerprint density at radius 2 is 1.39 bits per heavy atom. The highest BCUT2D eigenvalue weighted by molar-refractivity contribution is 6.05. The molecule has 0 unspecified atom stereocenters. The zero-order valence-electron chi connectivity index (χ0n) is 13.6. The molecular weight excluding hydrogens is 288 g/mol. The van der Waals surface area contributed by atoms with E-state index < -0.39 is 0 Å². The Kier molecular flexibility index (Phi) is 5.92. The molecule has 2 rings (SSSR count). The van der Waals surface area contributed by atoms with E-state index in [2.05, 4.69) is 17.6 Å². The van der Waals surface area contributed by atoms with Crippen molar-refractivity contribution < 1.29 is 9.59 Å². The number of aryl methyl sites for hydroxylation is 1. The molecule has 2 aromatic carbocycles. The lowest BCUT2D eigenvalue weighted by atomic mass is 10.1. The minimum atomic E-state index is -0.185. The zero-order chi connectivity index (χ0) is 16.7. The van der Waals surface area contributed by atoms with E-state index in [1.165, 1.54) is 5.56 Å². The van der Waals surface area contributed by atoms with Crippen molar-refractivity contribution in [2.45, 2.75) is 26.7 Å². The van der Waals surface area contributed by atoms with E-state index in [0.717, 1.165) is 18.5 Å². The van der Waals surface area contributed by atoms with E-state index in [1.54, 1.807) is 24.3 Å². The van der Waals surface area contributed by atoms with Crippen LogP contribution in [-0.2, 0) is 6.42 Å². The molecule has 0 aliphatic rings. The average molecular weight is 310 g/mol. The molecule has 0 fully saturated rings. The summed E-state index contributed by atoms with van der Waals surface area (Å²) >= 11 is 0. The third-order valence-corrected chi connectivity index (χ3v) is 3.56. The smallest absolute Gasteiger partial charge is 0.255 e. The molecule has 0 heterocycles. The lowest BCUT2D eigenvalue weighted by Gasteiger charge is -2.07. The molecule has 0 saturated carbocycles. The first-order chi connectivity index (χ1) is 11.1. The first-order valence-corrected chi connectivity index (χ1v) is 7.92. The van der Waals surface area contributed by atoms with Crippen molar-refractivity contribution in [2.75, 3.05) is 11.9 Å². The predicted molar refractivity (Wildman–Crippen MR) is 92.8 cm³/mol. The Labute approximate surface area is 136 Å². The number of nitrogens with one attached hydrogen (secondary N) is 2. The van der Waals surface area contributed by atoms with E-state index in [1.807, 2.05) is 31.2 Å². The van der Waals surface area contributed by atoms with E-state index in [-0.39, 0.29) is 11.8 Å². The molecule has 4 nitrogen and oxygen atoms in total. The number of hydrogen-bond donors (Lipinski definition) is 2. The Morgan fingerprint density at radius 3 is 1.91 bits per heavy atom. The van der Waals surface area contributed by atoms with E-state index in [0.29, 0.717) is 17.7 Å². The molecule has 0 radical (unpaired) electrons. The maximum atomic E-state index is 12.2. The minimum absolute atomic E-state index is 0.117. The summed E-state index contributed by atoms with van der Waals surface area (Å²) in [5.41, 5.74) is 3.07. The SMILES string of the molecule is CCCNC(=O)c1ccc(C(=O)Nc2ccc(CC)cc2)cc1. The monoisotopic (exact) mass is 310 g/mol. The number of benzene rings is 2. The second kappa shape index (κ2) is 8.13. The van der Waals surface area contributed by atoms with Crippen molar-refractivity contribution in [1.29, 1.82) is 0 Å². The third-order valence-electron chi connectivity index (χ3n) is 3.56. The van der Waals surface area contributed by atoms with Crippen LogP contribution in [0.25, 0.3) is 0 Å². The molecule has 23 heavy (non-hydrogen) atoms. The normalized spacial score (nSPS) is 10.2. The van der Waals surface area contributed by atoms with Crippen LogP contribution in [0.15, 0.2) is 48.5 Å². The summed E-state index contributed by atoms with van der Waals surface area (Å²) in [6, 6.07) is 14.4. The van der Waals surface area contributed by atoms with Crippen molar-refractivity contribution in [1.82, 2.24) is 5.32 Å². The van der Waals surface area contributed by atoms with Gasteiger partial charge in [0.25, 0.3) is 11.8 Å². The highest BCUT2D eigenvalue weighted by Gasteiger charge is 2.09. The number of carbonyl (C=O) groups excluding carboxylic acids is 2. The number of carbonyl (C=O) groups is 2. The van der Waals surface area contributed by atoms with E-state index in [9.17, 15) is 9.59 Å². The van der Waals surface area contributed by atoms with Gasteiger partial charge in [0, 0.05) is 23.4 Å². The average Bonchev–Trinajstić information content (AvgIpc) is 2.60. The maximum Gasteiger partial charge on any atom is 0.255 e. The van der Waals surface area contributed by atoms with E-state index in [4.69, 9.17) is 0 Å². The van der Waals surface area contributed by atoms with Gasteiger partial charge in [-0.1, -0.05) is 26.0 Å². The number of rotatable bonds is 6. The molecule has 4 heteroatoms. The molecule has 120 valence electrons. The topological polar surface area (TPSA) is 58.2 Å². The van der Waals surface area contributed by atoms with Gasteiger partial charge >= 0.3 is 0 Å². The van der Waals surface area contributed by atoms with Crippen LogP contribution in [0.3, 0.4) is 0 Å². The first kappa shape index (κ1) is 16.7. The quantitative estimate of drug-likeness (QED) is 0.856. The van der Waals surface area contributed by atoms with Gasteiger partial charge in [-0.3, -0.25) is 9.59 Å². The zero-order valence-corrected chi connectivity index (χ0v) is 13.6. The molecule has 0 atom stereocenters. The van der Waals surface area contributed by atoms with Crippen molar-refractivity contribution >= 4 is 17.5 Å². The van der Waals surface area contributed by atoms with Gasteiger partial charge in [-0.05, 0) is 54.8 Å². The Bertz CT molecular complexity index is 661. The first-order valence-electron chi connectivity index (χ1n) is 7.92. The maximum absolute atomic E-state index is 12.2. The molecule has 2 aromatic rings. The fourth-order valence-corrected chi connectivity index (χ4v) is 2.14. The molecule has 0 aliphatic carbocycles. The summed E-state index contributed by atoms with van der Waals surface area (Å²) in [5.74, 6) is -0.302.